The monoisotopic (exact) mass is 321 g/mol. The average Bonchev–Trinajstić information content (AvgIpc) is 3.22. The first-order valence-electron chi connectivity index (χ1n) is 8.73. The summed E-state index contributed by atoms with van der Waals surface area (Å²) in [4.78, 5) is 14.9. The minimum absolute atomic E-state index is 0.0407. The molecule has 1 aliphatic heterocycles. The Balaban J connectivity index is 1.59. The van der Waals surface area contributed by atoms with Crippen molar-refractivity contribution >= 4 is 23.0 Å². The van der Waals surface area contributed by atoms with Crippen LogP contribution in [0.5, 0.6) is 0 Å². The summed E-state index contributed by atoms with van der Waals surface area (Å²) < 4.78 is 0. The normalized spacial score (nSPS) is 22.5. The fourth-order valence-electron chi connectivity index (χ4n) is 3.89. The molecule has 4 nitrogen and oxygen atoms in total. The first-order chi connectivity index (χ1) is 11.7. The maximum Gasteiger partial charge on any atom is 0.227 e. The van der Waals surface area contributed by atoms with E-state index in [0.29, 0.717) is 0 Å². The molecule has 1 saturated carbocycles. The third-order valence-corrected chi connectivity index (χ3v) is 5.18. The first-order valence-corrected chi connectivity index (χ1v) is 8.73. The van der Waals surface area contributed by atoms with Gasteiger partial charge in [-0.1, -0.05) is 30.3 Å². The lowest BCUT2D eigenvalue weighted by Gasteiger charge is -2.23. The van der Waals surface area contributed by atoms with Crippen LogP contribution in [0.4, 0.5) is 17.1 Å². The molecule has 2 atom stereocenters. The summed E-state index contributed by atoms with van der Waals surface area (Å²) in [6.45, 7) is 0.945. The summed E-state index contributed by atoms with van der Waals surface area (Å²) in [5.74, 6) is 0.141. The molecule has 4 heteroatoms. The minimum Gasteiger partial charge on any atom is -0.339 e. The molecule has 4 rings (SSSR count). The summed E-state index contributed by atoms with van der Waals surface area (Å²) in [6, 6.07) is 16.7. The molecule has 1 fully saturated rings. The zero-order valence-electron chi connectivity index (χ0n) is 13.7. The molecule has 1 heterocycles. The molecule has 1 amide bonds. The Kier molecular flexibility index (Phi) is 3.98. The van der Waals surface area contributed by atoms with Crippen molar-refractivity contribution in [3.63, 3.8) is 0 Å². The van der Waals surface area contributed by atoms with E-state index in [0.717, 1.165) is 43.6 Å². The van der Waals surface area contributed by atoms with E-state index in [1.54, 1.807) is 0 Å². The predicted octanol–water partition coefficient (Wildman–Crippen LogP) is 3.45. The van der Waals surface area contributed by atoms with Gasteiger partial charge in [-0.15, -0.1) is 0 Å². The van der Waals surface area contributed by atoms with E-state index in [4.69, 9.17) is 5.73 Å². The molecule has 24 heavy (non-hydrogen) atoms. The molecule has 2 unspecified atom stereocenters. The number of carbonyl (C=O) groups is 1. The van der Waals surface area contributed by atoms with Gasteiger partial charge in [0.05, 0.1) is 11.4 Å². The standard InChI is InChI=1S/C20H23N3O/c21-16-10-9-15(13-16)20(24)22-17-6-2-4-8-19(17)23-12-11-14-5-1-3-7-18(14)23/h1-8,15-16H,9-13,21H2,(H,22,24). The number of anilines is 3. The van der Waals surface area contributed by atoms with Crippen LogP contribution in [0.1, 0.15) is 24.8 Å². The summed E-state index contributed by atoms with van der Waals surface area (Å²) in [7, 11) is 0. The van der Waals surface area contributed by atoms with Crippen LogP contribution < -0.4 is 16.0 Å². The third kappa shape index (κ3) is 2.78. The van der Waals surface area contributed by atoms with Gasteiger partial charge in [0.25, 0.3) is 0 Å². The van der Waals surface area contributed by atoms with Crippen LogP contribution in [0.25, 0.3) is 0 Å². The van der Waals surface area contributed by atoms with Crippen LogP contribution in [0.15, 0.2) is 48.5 Å². The number of fused-ring (bicyclic) bond motifs is 1. The number of benzene rings is 2. The molecule has 2 aromatic rings. The van der Waals surface area contributed by atoms with E-state index < -0.39 is 0 Å². The highest BCUT2D eigenvalue weighted by molar-refractivity contribution is 5.97. The number of amides is 1. The Morgan fingerprint density at radius 2 is 1.79 bits per heavy atom. The van der Waals surface area contributed by atoms with Crippen LogP contribution in [0, 0.1) is 5.92 Å². The lowest BCUT2D eigenvalue weighted by molar-refractivity contribution is -0.119. The van der Waals surface area contributed by atoms with Gasteiger partial charge >= 0.3 is 0 Å². The Morgan fingerprint density at radius 3 is 2.58 bits per heavy atom. The second-order valence-electron chi connectivity index (χ2n) is 6.81. The van der Waals surface area contributed by atoms with Gasteiger partial charge in [-0.3, -0.25) is 4.79 Å². The maximum atomic E-state index is 12.6. The molecule has 3 N–H and O–H groups in total. The Bertz CT molecular complexity index is 758. The minimum atomic E-state index is 0.0407. The highest BCUT2D eigenvalue weighted by atomic mass is 16.1. The van der Waals surface area contributed by atoms with Crippen LogP contribution in [-0.2, 0) is 11.2 Å². The fourth-order valence-corrected chi connectivity index (χ4v) is 3.89. The molecule has 0 bridgehead atoms. The van der Waals surface area contributed by atoms with Crippen molar-refractivity contribution in [2.24, 2.45) is 11.7 Å². The molecule has 2 aliphatic rings. The van der Waals surface area contributed by atoms with Crippen molar-refractivity contribution in [2.45, 2.75) is 31.7 Å². The molecule has 0 aromatic heterocycles. The van der Waals surface area contributed by atoms with Gasteiger partial charge < -0.3 is 16.0 Å². The van der Waals surface area contributed by atoms with E-state index >= 15 is 0 Å². The van der Waals surface area contributed by atoms with Gasteiger partial charge in [-0.25, -0.2) is 0 Å². The smallest absolute Gasteiger partial charge is 0.227 e. The zero-order chi connectivity index (χ0) is 16.5. The van der Waals surface area contributed by atoms with E-state index in [1.165, 1.54) is 11.3 Å². The summed E-state index contributed by atoms with van der Waals surface area (Å²) in [5.41, 5.74) is 10.5. The fraction of sp³-hybridized carbons (Fsp3) is 0.350. The molecule has 1 aliphatic carbocycles. The highest BCUT2D eigenvalue weighted by Gasteiger charge is 2.29. The summed E-state index contributed by atoms with van der Waals surface area (Å²) in [6.07, 6.45) is 3.66. The van der Waals surface area contributed by atoms with Crippen LogP contribution in [0.2, 0.25) is 0 Å². The van der Waals surface area contributed by atoms with Gasteiger partial charge in [0.15, 0.2) is 0 Å². The summed E-state index contributed by atoms with van der Waals surface area (Å²) >= 11 is 0. The quantitative estimate of drug-likeness (QED) is 0.910. The largest absolute Gasteiger partial charge is 0.339 e. The van der Waals surface area contributed by atoms with Crippen molar-refractivity contribution in [1.82, 2.24) is 0 Å². The van der Waals surface area contributed by atoms with Crippen molar-refractivity contribution < 1.29 is 4.79 Å². The summed E-state index contributed by atoms with van der Waals surface area (Å²) in [5, 5.41) is 3.14. The van der Waals surface area contributed by atoms with E-state index in [-0.39, 0.29) is 17.9 Å². The first kappa shape index (κ1) is 15.2. The van der Waals surface area contributed by atoms with E-state index in [1.807, 2.05) is 18.2 Å². The number of rotatable bonds is 3. The van der Waals surface area contributed by atoms with Gasteiger partial charge in [0.1, 0.15) is 0 Å². The number of nitrogens with one attached hydrogen (secondary N) is 1. The lowest BCUT2D eigenvalue weighted by atomic mass is 10.1. The zero-order valence-corrected chi connectivity index (χ0v) is 13.7. The highest BCUT2D eigenvalue weighted by Crippen LogP contribution is 2.38. The lowest BCUT2D eigenvalue weighted by Crippen LogP contribution is -2.24. The Hall–Kier alpha value is -2.33. The third-order valence-electron chi connectivity index (χ3n) is 5.18. The Morgan fingerprint density at radius 1 is 1.04 bits per heavy atom. The number of hydrogen-bond acceptors (Lipinski definition) is 3. The van der Waals surface area contributed by atoms with Crippen LogP contribution in [-0.4, -0.2) is 18.5 Å². The van der Waals surface area contributed by atoms with Gasteiger partial charge in [0, 0.05) is 24.2 Å². The van der Waals surface area contributed by atoms with Crippen LogP contribution >= 0.6 is 0 Å². The van der Waals surface area contributed by atoms with Gasteiger partial charge in [-0.05, 0) is 49.4 Å². The van der Waals surface area contributed by atoms with Crippen molar-refractivity contribution in [3.05, 3.63) is 54.1 Å². The van der Waals surface area contributed by atoms with E-state index in [9.17, 15) is 4.79 Å². The maximum absolute atomic E-state index is 12.6. The molecule has 0 radical (unpaired) electrons. The number of nitrogens with zero attached hydrogens (tertiary/aromatic N) is 1. The number of carbonyl (C=O) groups excluding carboxylic acids is 1. The van der Waals surface area contributed by atoms with Crippen molar-refractivity contribution in [1.29, 1.82) is 0 Å². The number of para-hydroxylation sites is 3. The molecular formula is C20H23N3O. The van der Waals surface area contributed by atoms with Crippen molar-refractivity contribution in [2.75, 3.05) is 16.8 Å². The predicted molar refractivity (Wildman–Crippen MR) is 97.5 cm³/mol. The molecule has 0 saturated heterocycles. The topological polar surface area (TPSA) is 58.4 Å². The SMILES string of the molecule is NC1CCC(C(=O)Nc2ccccc2N2CCc3ccccc32)C1. The molecule has 124 valence electrons. The van der Waals surface area contributed by atoms with Gasteiger partial charge in [-0.2, -0.15) is 0 Å². The van der Waals surface area contributed by atoms with Gasteiger partial charge in [0.2, 0.25) is 5.91 Å². The number of hydrogen-bond donors (Lipinski definition) is 2. The second-order valence-corrected chi connectivity index (χ2v) is 6.81. The molecule has 2 aromatic carbocycles. The Labute approximate surface area is 142 Å². The van der Waals surface area contributed by atoms with Crippen LogP contribution in [0.3, 0.4) is 0 Å². The van der Waals surface area contributed by atoms with Crippen molar-refractivity contribution in [3.8, 4) is 0 Å². The number of nitrogens with two attached hydrogens (primary N) is 1. The average molecular weight is 321 g/mol. The second kappa shape index (κ2) is 6.29. The molecule has 0 spiro atoms. The molecular weight excluding hydrogens is 298 g/mol. The van der Waals surface area contributed by atoms with E-state index in [2.05, 4.69) is 40.5 Å².